The van der Waals surface area contributed by atoms with Gasteiger partial charge in [-0.25, -0.2) is 9.97 Å². The van der Waals surface area contributed by atoms with Crippen LogP contribution in [0.5, 0.6) is 0 Å². The molecule has 126 valence electrons. The molecule has 2 heterocycles. The summed E-state index contributed by atoms with van der Waals surface area (Å²) in [7, 11) is 0. The second kappa shape index (κ2) is 6.46. The third-order valence-corrected chi connectivity index (χ3v) is 3.79. The van der Waals surface area contributed by atoms with Crippen LogP contribution in [0.1, 0.15) is 18.5 Å². The van der Waals surface area contributed by atoms with Gasteiger partial charge < -0.3 is 10.2 Å². The number of hydrogen-bond donors (Lipinski definition) is 1. The Balaban J connectivity index is 1.79. The first-order valence-electron chi connectivity index (χ1n) is 7.48. The zero-order valence-corrected chi connectivity index (χ0v) is 12.6. The highest BCUT2D eigenvalue weighted by molar-refractivity contribution is 5.97. The van der Waals surface area contributed by atoms with Gasteiger partial charge in [-0.1, -0.05) is 18.2 Å². The second-order valence-corrected chi connectivity index (χ2v) is 5.45. The molecule has 0 radical (unpaired) electrons. The Bertz CT molecular complexity index is 721. The number of hydrogen-bond acceptors (Lipinski definition) is 4. The van der Waals surface area contributed by atoms with Gasteiger partial charge in [0.2, 0.25) is 11.9 Å². The SMILES string of the molecule is O=C(Nc1ccccc1)[C@H]1CCCN1c1nccc(C(F)(F)F)n1. The lowest BCUT2D eigenvalue weighted by molar-refractivity contribution is -0.141. The number of rotatable bonds is 3. The molecule has 1 N–H and O–H groups in total. The molecule has 1 aromatic heterocycles. The van der Waals surface area contributed by atoms with Gasteiger partial charge in [0.15, 0.2) is 0 Å². The van der Waals surface area contributed by atoms with E-state index in [-0.39, 0.29) is 11.9 Å². The number of carbonyl (C=O) groups is 1. The van der Waals surface area contributed by atoms with E-state index in [2.05, 4.69) is 15.3 Å². The van der Waals surface area contributed by atoms with Crippen molar-refractivity contribution in [3.8, 4) is 0 Å². The van der Waals surface area contributed by atoms with Crippen LogP contribution in [0.4, 0.5) is 24.8 Å². The third kappa shape index (κ3) is 3.47. The molecule has 3 rings (SSSR count). The highest BCUT2D eigenvalue weighted by Crippen LogP contribution is 2.30. The van der Waals surface area contributed by atoms with Gasteiger partial charge in [-0.2, -0.15) is 13.2 Å². The summed E-state index contributed by atoms with van der Waals surface area (Å²) in [5, 5.41) is 2.77. The molecule has 0 spiro atoms. The molecule has 1 aliphatic heterocycles. The van der Waals surface area contributed by atoms with Crippen molar-refractivity contribution in [2.24, 2.45) is 0 Å². The minimum atomic E-state index is -4.54. The fourth-order valence-corrected chi connectivity index (χ4v) is 2.67. The molecule has 0 bridgehead atoms. The van der Waals surface area contributed by atoms with Crippen molar-refractivity contribution in [3.63, 3.8) is 0 Å². The number of para-hydroxylation sites is 1. The smallest absolute Gasteiger partial charge is 0.329 e. The van der Waals surface area contributed by atoms with Crippen LogP contribution in [-0.2, 0) is 11.0 Å². The van der Waals surface area contributed by atoms with Gasteiger partial charge in [0, 0.05) is 18.4 Å². The van der Waals surface area contributed by atoms with Crippen molar-refractivity contribution in [2.75, 3.05) is 16.8 Å². The van der Waals surface area contributed by atoms with Crippen LogP contribution in [0.15, 0.2) is 42.6 Å². The van der Waals surface area contributed by atoms with E-state index in [4.69, 9.17) is 0 Å². The Morgan fingerprint density at radius 2 is 1.96 bits per heavy atom. The third-order valence-electron chi connectivity index (χ3n) is 3.79. The summed E-state index contributed by atoms with van der Waals surface area (Å²) < 4.78 is 38.4. The van der Waals surface area contributed by atoms with Crippen molar-refractivity contribution < 1.29 is 18.0 Å². The van der Waals surface area contributed by atoms with E-state index in [1.165, 1.54) is 4.90 Å². The molecule has 1 aromatic carbocycles. The van der Waals surface area contributed by atoms with Gasteiger partial charge in [0.1, 0.15) is 11.7 Å². The van der Waals surface area contributed by atoms with Crippen LogP contribution in [0.2, 0.25) is 0 Å². The Labute approximate surface area is 136 Å². The maximum Gasteiger partial charge on any atom is 0.433 e. The number of amides is 1. The Morgan fingerprint density at radius 1 is 1.21 bits per heavy atom. The lowest BCUT2D eigenvalue weighted by Gasteiger charge is -2.24. The quantitative estimate of drug-likeness (QED) is 0.936. The molecule has 5 nitrogen and oxygen atoms in total. The maximum atomic E-state index is 12.8. The number of carbonyl (C=O) groups excluding carboxylic acids is 1. The predicted octanol–water partition coefficient (Wildman–Crippen LogP) is 3.10. The first-order chi connectivity index (χ1) is 11.4. The standard InChI is InChI=1S/C16H15F3N4O/c17-16(18,19)13-8-9-20-15(22-13)23-10-4-7-12(23)14(24)21-11-5-2-1-3-6-11/h1-3,5-6,8-9,12H,4,7,10H2,(H,21,24)/t12-/m1/s1. The van der Waals surface area contributed by atoms with Crippen molar-refractivity contribution in [2.45, 2.75) is 25.1 Å². The zero-order chi connectivity index (χ0) is 17.2. The van der Waals surface area contributed by atoms with E-state index in [0.717, 1.165) is 12.3 Å². The Morgan fingerprint density at radius 3 is 2.67 bits per heavy atom. The number of alkyl halides is 3. The monoisotopic (exact) mass is 336 g/mol. The molecule has 24 heavy (non-hydrogen) atoms. The van der Waals surface area contributed by atoms with E-state index in [1.54, 1.807) is 24.3 Å². The number of halogens is 3. The van der Waals surface area contributed by atoms with E-state index in [1.807, 2.05) is 6.07 Å². The topological polar surface area (TPSA) is 58.1 Å². The molecular formula is C16H15F3N4O. The summed E-state index contributed by atoms with van der Waals surface area (Å²) in [6, 6.07) is 9.13. The fraction of sp³-hybridized carbons (Fsp3) is 0.312. The minimum Gasteiger partial charge on any atom is -0.329 e. The van der Waals surface area contributed by atoms with Crippen LogP contribution in [0.25, 0.3) is 0 Å². The summed E-state index contributed by atoms with van der Waals surface area (Å²) in [6.45, 7) is 0.439. The Kier molecular flexibility index (Phi) is 4.37. The molecule has 1 fully saturated rings. The predicted molar refractivity (Wildman–Crippen MR) is 82.5 cm³/mol. The highest BCUT2D eigenvalue weighted by Gasteiger charge is 2.36. The highest BCUT2D eigenvalue weighted by atomic mass is 19.4. The average molecular weight is 336 g/mol. The van der Waals surface area contributed by atoms with Crippen LogP contribution >= 0.6 is 0 Å². The van der Waals surface area contributed by atoms with E-state index < -0.39 is 17.9 Å². The molecule has 1 saturated heterocycles. The van der Waals surface area contributed by atoms with Gasteiger partial charge in [-0.05, 0) is 31.0 Å². The van der Waals surface area contributed by atoms with Crippen LogP contribution in [0, 0.1) is 0 Å². The van der Waals surface area contributed by atoms with Crippen molar-refractivity contribution in [1.82, 2.24) is 9.97 Å². The second-order valence-electron chi connectivity index (χ2n) is 5.45. The molecule has 0 aliphatic carbocycles. The van der Waals surface area contributed by atoms with Crippen LogP contribution in [0.3, 0.4) is 0 Å². The molecule has 2 aromatic rings. The summed E-state index contributed by atoms with van der Waals surface area (Å²) in [5.74, 6) is -0.352. The van der Waals surface area contributed by atoms with Crippen molar-refractivity contribution >= 4 is 17.5 Å². The minimum absolute atomic E-state index is 0.0736. The number of benzene rings is 1. The first-order valence-corrected chi connectivity index (χ1v) is 7.48. The number of anilines is 2. The molecular weight excluding hydrogens is 321 g/mol. The average Bonchev–Trinajstić information content (AvgIpc) is 3.05. The number of aromatic nitrogens is 2. The molecule has 0 saturated carbocycles. The van der Waals surface area contributed by atoms with Crippen molar-refractivity contribution in [3.05, 3.63) is 48.3 Å². The van der Waals surface area contributed by atoms with Crippen LogP contribution in [-0.4, -0.2) is 28.5 Å². The van der Waals surface area contributed by atoms with Gasteiger partial charge in [-0.3, -0.25) is 4.79 Å². The Hall–Kier alpha value is -2.64. The van der Waals surface area contributed by atoms with Gasteiger partial charge in [0.25, 0.3) is 0 Å². The first kappa shape index (κ1) is 16.2. The normalized spacial score (nSPS) is 17.8. The number of nitrogens with one attached hydrogen (secondary N) is 1. The van der Waals surface area contributed by atoms with Crippen molar-refractivity contribution in [1.29, 1.82) is 0 Å². The van der Waals surface area contributed by atoms with E-state index in [0.29, 0.717) is 25.1 Å². The van der Waals surface area contributed by atoms with Gasteiger partial charge in [-0.15, -0.1) is 0 Å². The molecule has 0 unspecified atom stereocenters. The summed E-state index contributed by atoms with van der Waals surface area (Å²) >= 11 is 0. The molecule has 1 aliphatic rings. The zero-order valence-electron chi connectivity index (χ0n) is 12.6. The van der Waals surface area contributed by atoms with E-state index >= 15 is 0 Å². The molecule has 8 heteroatoms. The van der Waals surface area contributed by atoms with Gasteiger partial charge in [0.05, 0.1) is 0 Å². The fourth-order valence-electron chi connectivity index (χ4n) is 2.67. The van der Waals surface area contributed by atoms with E-state index in [9.17, 15) is 18.0 Å². The summed E-state index contributed by atoms with van der Waals surface area (Å²) in [6.07, 6.45) is -2.25. The summed E-state index contributed by atoms with van der Waals surface area (Å²) in [5.41, 5.74) is -0.374. The molecule has 1 atom stereocenters. The summed E-state index contributed by atoms with van der Waals surface area (Å²) in [4.78, 5) is 21.5. The number of nitrogens with zero attached hydrogens (tertiary/aromatic N) is 3. The van der Waals surface area contributed by atoms with Gasteiger partial charge >= 0.3 is 6.18 Å². The van der Waals surface area contributed by atoms with Crippen LogP contribution < -0.4 is 10.2 Å². The maximum absolute atomic E-state index is 12.8. The lowest BCUT2D eigenvalue weighted by Crippen LogP contribution is -2.40. The lowest BCUT2D eigenvalue weighted by atomic mass is 10.2. The molecule has 1 amide bonds. The largest absolute Gasteiger partial charge is 0.433 e.